The van der Waals surface area contributed by atoms with Gasteiger partial charge in [0.25, 0.3) is 0 Å². The highest BCUT2D eigenvalue weighted by atomic mass is 16.5. The van der Waals surface area contributed by atoms with Gasteiger partial charge in [-0.25, -0.2) is 0 Å². The summed E-state index contributed by atoms with van der Waals surface area (Å²) in [6, 6.07) is 0. The molecular formula is C21H30O4. The average Bonchev–Trinajstić information content (AvgIpc) is 2.98. The molecule has 0 spiro atoms. The number of methoxy groups -OCH3 is 1. The molecule has 25 heavy (non-hydrogen) atoms. The summed E-state index contributed by atoms with van der Waals surface area (Å²) in [5, 5.41) is 0. The van der Waals surface area contributed by atoms with E-state index in [4.69, 9.17) is 9.47 Å². The highest BCUT2D eigenvalue weighted by molar-refractivity contribution is 5.77. The van der Waals surface area contributed by atoms with Gasteiger partial charge >= 0.3 is 11.9 Å². The van der Waals surface area contributed by atoms with E-state index in [1.54, 1.807) is 6.26 Å². The van der Waals surface area contributed by atoms with Crippen molar-refractivity contribution in [2.24, 2.45) is 22.7 Å². The van der Waals surface area contributed by atoms with Crippen molar-refractivity contribution in [3.8, 4) is 0 Å². The molecular weight excluding hydrogens is 316 g/mol. The van der Waals surface area contributed by atoms with Crippen molar-refractivity contribution in [2.45, 2.75) is 65.2 Å². The summed E-state index contributed by atoms with van der Waals surface area (Å²) < 4.78 is 10.1. The van der Waals surface area contributed by atoms with Crippen molar-refractivity contribution in [1.82, 2.24) is 0 Å². The molecule has 4 unspecified atom stereocenters. The minimum atomic E-state index is -0.396. The van der Waals surface area contributed by atoms with Gasteiger partial charge in [-0.05, 0) is 68.3 Å². The minimum Gasteiger partial charge on any atom is -0.469 e. The number of cyclic esters (lactones) is 1. The summed E-state index contributed by atoms with van der Waals surface area (Å²) in [6.45, 7) is 8.81. The van der Waals surface area contributed by atoms with Gasteiger partial charge in [-0.2, -0.15) is 0 Å². The van der Waals surface area contributed by atoms with Crippen LogP contribution in [0.5, 0.6) is 0 Å². The van der Waals surface area contributed by atoms with Gasteiger partial charge in [0, 0.05) is 0 Å². The van der Waals surface area contributed by atoms with Crippen molar-refractivity contribution >= 4 is 11.9 Å². The largest absolute Gasteiger partial charge is 0.469 e. The molecule has 0 N–H and O–H groups in total. The lowest BCUT2D eigenvalue weighted by molar-refractivity contribution is -0.168. The molecule has 0 aromatic carbocycles. The quantitative estimate of drug-likeness (QED) is 0.553. The fourth-order valence-electron chi connectivity index (χ4n) is 5.85. The Morgan fingerprint density at radius 1 is 1.40 bits per heavy atom. The fraction of sp³-hybridized carbons (Fsp3) is 0.714. The third-order valence-corrected chi connectivity index (χ3v) is 7.15. The van der Waals surface area contributed by atoms with Crippen LogP contribution in [-0.2, 0) is 19.1 Å². The van der Waals surface area contributed by atoms with E-state index in [1.807, 2.05) is 0 Å². The molecule has 3 aliphatic rings. The zero-order valence-electron chi connectivity index (χ0n) is 15.7. The van der Waals surface area contributed by atoms with E-state index in [9.17, 15) is 9.59 Å². The molecule has 138 valence electrons. The van der Waals surface area contributed by atoms with E-state index in [2.05, 4.69) is 20.4 Å². The Hall–Kier alpha value is -1.58. The Kier molecular flexibility index (Phi) is 4.82. The molecule has 2 fully saturated rings. The molecule has 4 heteroatoms. The van der Waals surface area contributed by atoms with E-state index in [0.717, 1.165) is 50.5 Å². The van der Waals surface area contributed by atoms with E-state index in [-0.39, 0.29) is 17.4 Å². The first kappa shape index (κ1) is 18.2. The van der Waals surface area contributed by atoms with Crippen LogP contribution < -0.4 is 0 Å². The molecule has 0 aromatic rings. The molecule has 2 saturated carbocycles. The van der Waals surface area contributed by atoms with Gasteiger partial charge in [-0.3, -0.25) is 9.59 Å². The number of carbonyl (C=O) groups excluding carboxylic acids is 2. The third-order valence-electron chi connectivity index (χ3n) is 7.15. The second kappa shape index (κ2) is 6.62. The first-order valence-electron chi connectivity index (χ1n) is 9.45. The van der Waals surface area contributed by atoms with Crippen molar-refractivity contribution in [2.75, 3.05) is 7.11 Å². The van der Waals surface area contributed by atoms with Gasteiger partial charge in [-0.1, -0.05) is 25.5 Å². The second-order valence-electron chi connectivity index (χ2n) is 8.55. The maximum Gasteiger partial charge on any atom is 0.314 e. The molecule has 0 amide bonds. The first-order chi connectivity index (χ1) is 11.8. The van der Waals surface area contributed by atoms with Gasteiger partial charge in [0.05, 0.1) is 25.2 Å². The summed E-state index contributed by atoms with van der Waals surface area (Å²) in [5.41, 5.74) is 2.06. The van der Waals surface area contributed by atoms with Crippen LogP contribution in [0, 0.1) is 22.7 Å². The molecule has 1 aliphatic heterocycles. The van der Waals surface area contributed by atoms with E-state index in [0.29, 0.717) is 18.3 Å². The Balaban J connectivity index is 1.81. The van der Waals surface area contributed by atoms with Gasteiger partial charge in [0.15, 0.2) is 0 Å². The Morgan fingerprint density at radius 2 is 2.16 bits per heavy atom. The van der Waals surface area contributed by atoms with Crippen LogP contribution in [-0.4, -0.2) is 19.0 Å². The zero-order chi connectivity index (χ0) is 18.2. The normalized spacial score (nSPS) is 38.0. The smallest absolute Gasteiger partial charge is 0.314 e. The number of esters is 2. The predicted octanol–water partition coefficient (Wildman–Crippen LogP) is 4.55. The maximum absolute atomic E-state index is 12.6. The summed E-state index contributed by atoms with van der Waals surface area (Å²) in [6.07, 6.45) is 8.96. The van der Waals surface area contributed by atoms with Crippen molar-refractivity contribution in [3.63, 3.8) is 0 Å². The number of carbonyl (C=O) groups is 2. The van der Waals surface area contributed by atoms with Gasteiger partial charge in [-0.15, -0.1) is 0 Å². The fourth-order valence-corrected chi connectivity index (χ4v) is 5.85. The Labute approximate surface area is 150 Å². The summed E-state index contributed by atoms with van der Waals surface area (Å²) >= 11 is 0. The maximum atomic E-state index is 12.6. The van der Waals surface area contributed by atoms with E-state index in [1.165, 1.54) is 12.7 Å². The monoisotopic (exact) mass is 346 g/mol. The van der Waals surface area contributed by atoms with Crippen LogP contribution in [0.3, 0.4) is 0 Å². The average molecular weight is 346 g/mol. The van der Waals surface area contributed by atoms with Crippen LogP contribution in [0.15, 0.2) is 24.0 Å². The Bertz CT molecular complexity index is 619. The van der Waals surface area contributed by atoms with Crippen molar-refractivity contribution in [1.29, 1.82) is 0 Å². The van der Waals surface area contributed by atoms with E-state index >= 15 is 0 Å². The van der Waals surface area contributed by atoms with Gasteiger partial charge < -0.3 is 9.47 Å². The molecule has 0 saturated heterocycles. The lowest BCUT2D eigenvalue weighted by Gasteiger charge is -2.57. The first-order valence-corrected chi connectivity index (χ1v) is 9.45. The highest BCUT2D eigenvalue weighted by Gasteiger charge is 2.57. The van der Waals surface area contributed by atoms with E-state index < -0.39 is 5.41 Å². The predicted molar refractivity (Wildman–Crippen MR) is 95.5 cm³/mol. The standard InChI is InChI=1S/C21H30O4/c1-14-6-9-17-20(2,10-5-11-21(17,3)19(23)24-4)16(14)8-7-15-12-18(22)25-13-15/h13,16-17H,1,5-12H2,2-4H3. The number of ether oxygens (including phenoxy) is 2. The van der Waals surface area contributed by atoms with Crippen LogP contribution >= 0.6 is 0 Å². The molecule has 0 aromatic heterocycles. The zero-order valence-corrected chi connectivity index (χ0v) is 15.7. The SMILES string of the molecule is C=C1CCC2C(C)(C(=O)OC)CCCC2(C)C1CCC1=COC(=O)C1. The molecule has 2 aliphatic carbocycles. The van der Waals surface area contributed by atoms with Crippen LogP contribution in [0.2, 0.25) is 0 Å². The number of rotatable bonds is 4. The van der Waals surface area contributed by atoms with Gasteiger partial charge in [0.2, 0.25) is 0 Å². The van der Waals surface area contributed by atoms with Crippen molar-refractivity contribution in [3.05, 3.63) is 24.0 Å². The number of allylic oxidation sites excluding steroid dienone is 1. The summed E-state index contributed by atoms with van der Waals surface area (Å²) in [7, 11) is 1.50. The molecule has 0 radical (unpaired) electrons. The molecule has 4 nitrogen and oxygen atoms in total. The summed E-state index contributed by atoms with van der Waals surface area (Å²) in [4.78, 5) is 23.9. The van der Waals surface area contributed by atoms with Crippen LogP contribution in [0.1, 0.15) is 65.2 Å². The molecule has 3 rings (SSSR count). The topological polar surface area (TPSA) is 52.6 Å². The third kappa shape index (κ3) is 3.04. The van der Waals surface area contributed by atoms with Crippen LogP contribution in [0.4, 0.5) is 0 Å². The summed E-state index contributed by atoms with van der Waals surface area (Å²) in [5.74, 6) is 0.490. The second-order valence-corrected chi connectivity index (χ2v) is 8.55. The lowest BCUT2D eigenvalue weighted by Crippen LogP contribution is -2.53. The molecule has 1 heterocycles. The highest BCUT2D eigenvalue weighted by Crippen LogP contribution is 2.62. The Morgan fingerprint density at radius 3 is 2.80 bits per heavy atom. The lowest BCUT2D eigenvalue weighted by atomic mass is 9.46. The van der Waals surface area contributed by atoms with Crippen molar-refractivity contribution < 1.29 is 19.1 Å². The van der Waals surface area contributed by atoms with Crippen LogP contribution in [0.25, 0.3) is 0 Å². The van der Waals surface area contributed by atoms with Gasteiger partial charge in [0.1, 0.15) is 0 Å². The molecule has 4 atom stereocenters. The number of hydrogen-bond acceptors (Lipinski definition) is 4. The minimum absolute atomic E-state index is 0.0628. The molecule has 0 bridgehead atoms. The number of hydrogen-bond donors (Lipinski definition) is 0. The number of fused-ring (bicyclic) bond motifs is 1.